The number of hydrogen-bond acceptors (Lipinski definition) is 3. The topological polar surface area (TPSA) is 63.4 Å². The number of halogens is 1. The van der Waals surface area contributed by atoms with Gasteiger partial charge in [-0.2, -0.15) is 4.31 Å². The lowest BCUT2D eigenvalue weighted by Gasteiger charge is -2.21. The van der Waals surface area contributed by atoms with Crippen molar-refractivity contribution in [3.8, 4) is 0 Å². The highest BCUT2D eigenvalue weighted by molar-refractivity contribution is 7.89. The van der Waals surface area contributed by atoms with E-state index < -0.39 is 10.0 Å². The minimum atomic E-state index is -3.48. The molecule has 0 unspecified atom stereocenters. The highest BCUT2D eigenvalue weighted by Gasteiger charge is 2.23. The lowest BCUT2D eigenvalue weighted by atomic mass is 10.2. The van der Waals surface area contributed by atoms with Gasteiger partial charge in [-0.25, -0.2) is 8.42 Å². The first kappa shape index (κ1) is 14.4. The summed E-state index contributed by atoms with van der Waals surface area (Å²) in [7, 11) is -1.93. The Morgan fingerprint density at radius 3 is 2.41 bits per heavy atom. The largest absolute Gasteiger partial charge is 0.326 e. The number of sulfonamides is 1. The Morgan fingerprint density at radius 2 is 2.00 bits per heavy atom. The van der Waals surface area contributed by atoms with E-state index >= 15 is 0 Å². The fourth-order valence-electron chi connectivity index (χ4n) is 1.30. The van der Waals surface area contributed by atoms with Gasteiger partial charge in [-0.15, -0.1) is 0 Å². The molecule has 6 heteroatoms. The van der Waals surface area contributed by atoms with Crippen LogP contribution >= 0.6 is 11.6 Å². The summed E-state index contributed by atoms with van der Waals surface area (Å²) < 4.78 is 25.6. The van der Waals surface area contributed by atoms with Crippen LogP contribution in [0.15, 0.2) is 23.1 Å². The number of rotatable bonds is 4. The second-order valence-corrected chi connectivity index (χ2v) is 6.48. The van der Waals surface area contributed by atoms with Crippen LogP contribution in [0, 0.1) is 0 Å². The van der Waals surface area contributed by atoms with Crippen molar-refractivity contribution in [2.24, 2.45) is 5.73 Å². The van der Waals surface area contributed by atoms with E-state index in [0.29, 0.717) is 11.6 Å². The first-order valence-electron chi connectivity index (χ1n) is 5.27. The van der Waals surface area contributed by atoms with E-state index in [-0.39, 0.29) is 10.9 Å². The molecule has 0 fully saturated rings. The maximum Gasteiger partial charge on any atom is 0.243 e. The maximum absolute atomic E-state index is 12.2. The van der Waals surface area contributed by atoms with Crippen molar-refractivity contribution in [1.29, 1.82) is 0 Å². The molecule has 1 rings (SSSR count). The average molecular weight is 277 g/mol. The molecule has 0 saturated heterocycles. The van der Waals surface area contributed by atoms with E-state index in [4.69, 9.17) is 17.3 Å². The highest BCUT2D eigenvalue weighted by atomic mass is 35.5. The van der Waals surface area contributed by atoms with Crippen LogP contribution in [0.2, 0.25) is 5.02 Å². The van der Waals surface area contributed by atoms with Crippen molar-refractivity contribution >= 4 is 21.6 Å². The van der Waals surface area contributed by atoms with E-state index in [9.17, 15) is 8.42 Å². The fourth-order valence-corrected chi connectivity index (χ4v) is 3.01. The molecule has 1 aromatic carbocycles. The molecule has 0 saturated carbocycles. The standard InChI is InChI=1S/C11H17ClN2O2S/c1-8(2)14(3)17(15,16)10-5-4-9(7-13)11(12)6-10/h4-6,8H,7,13H2,1-3H3. The van der Waals surface area contributed by atoms with Gasteiger partial charge in [-0.3, -0.25) is 0 Å². The van der Waals surface area contributed by atoms with Crippen molar-refractivity contribution in [2.45, 2.75) is 31.3 Å². The van der Waals surface area contributed by atoms with Gasteiger partial charge in [-0.1, -0.05) is 17.7 Å². The van der Waals surface area contributed by atoms with Crippen LogP contribution in [-0.2, 0) is 16.6 Å². The lowest BCUT2D eigenvalue weighted by molar-refractivity contribution is 0.410. The Balaban J connectivity index is 3.21. The Hall–Kier alpha value is -0.620. The van der Waals surface area contributed by atoms with Gasteiger partial charge < -0.3 is 5.73 Å². The molecule has 96 valence electrons. The third-order valence-electron chi connectivity index (χ3n) is 2.65. The Kier molecular flexibility index (Phi) is 4.55. The van der Waals surface area contributed by atoms with E-state index in [1.54, 1.807) is 13.1 Å². The van der Waals surface area contributed by atoms with Gasteiger partial charge in [0.05, 0.1) is 4.90 Å². The van der Waals surface area contributed by atoms with Crippen molar-refractivity contribution in [3.63, 3.8) is 0 Å². The monoisotopic (exact) mass is 276 g/mol. The smallest absolute Gasteiger partial charge is 0.243 e. The highest BCUT2D eigenvalue weighted by Crippen LogP contribution is 2.23. The molecule has 0 bridgehead atoms. The summed E-state index contributed by atoms with van der Waals surface area (Å²) in [6.07, 6.45) is 0. The summed E-state index contributed by atoms with van der Waals surface area (Å²) in [6.45, 7) is 3.92. The van der Waals surface area contributed by atoms with Crippen molar-refractivity contribution in [3.05, 3.63) is 28.8 Å². The molecule has 0 heterocycles. The molecule has 0 aliphatic heterocycles. The molecule has 0 aliphatic carbocycles. The first-order chi connectivity index (χ1) is 7.80. The maximum atomic E-state index is 12.2. The van der Waals surface area contributed by atoms with Gasteiger partial charge >= 0.3 is 0 Å². The molecule has 0 amide bonds. The molecular weight excluding hydrogens is 260 g/mol. The summed E-state index contributed by atoms with van der Waals surface area (Å²) >= 11 is 5.96. The Bertz CT molecular complexity index is 500. The first-order valence-corrected chi connectivity index (χ1v) is 7.09. The van der Waals surface area contributed by atoms with Gasteiger partial charge in [0.2, 0.25) is 10.0 Å². The van der Waals surface area contributed by atoms with Gasteiger partial charge in [0.1, 0.15) is 0 Å². The van der Waals surface area contributed by atoms with Gasteiger partial charge in [0.25, 0.3) is 0 Å². The molecule has 2 N–H and O–H groups in total. The van der Waals surface area contributed by atoms with Gasteiger partial charge in [0, 0.05) is 24.7 Å². The number of benzene rings is 1. The SMILES string of the molecule is CC(C)N(C)S(=O)(=O)c1ccc(CN)c(Cl)c1. The zero-order valence-electron chi connectivity index (χ0n) is 10.1. The third kappa shape index (κ3) is 2.98. The molecule has 0 aromatic heterocycles. The zero-order valence-corrected chi connectivity index (χ0v) is 11.7. The fraction of sp³-hybridized carbons (Fsp3) is 0.455. The molecule has 1 aromatic rings. The lowest BCUT2D eigenvalue weighted by Crippen LogP contribution is -2.33. The van der Waals surface area contributed by atoms with Gasteiger partial charge in [0.15, 0.2) is 0 Å². The summed E-state index contributed by atoms with van der Waals surface area (Å²) in [4.78, 5) is 0.191. The van der Waals surface area contributed by atoms with E-state index in [2.05, 4.69) is 0 Å². The van der Waals surface area contributed by atoms with Crippen LogP contribution < -0.4 is 5.73 Å². The zero-order chi connectivity index (χ0) is 13.2. The number of nitrogens with two attached hydrogens (primary N) is 1. The van der Waals surface area contributed by atoms with Crippen LogP contribution in [0.4, 0.5) is 0 Å². The minimum Gasteiger partial charge on any atom is -0.326 e. The average Bonchev–Trinajstić information content (AvgIpc) is 2.27. The molecule has 0 spiro atoms. The Labute approximate surface area is 107 Å². The van der Waals surface area contributed by atoms with Gasteiger partial charge in [-0.05, 0) is 31.5 Å². The second kappa shape index (κ2) is 5.35. The van der Waals surface area contributed by atoms with Crippen LogP contribution in [0.1, 0.15) is 19.4 Å². The van der Waals surface area contributed by atoms with E-state index in [1.165, 1.54) is 16.4 Å². The van der Waals surface area contributed by atoms with Crippen molar-refractivity contribution in [1.82, 2.24) is 4.31 Å². The quantitative estimate of drug-likeness (QED) is 0.912. The van der Waals surface area contributed by atoms with E-state index in [1.807, 2.05) is 13.8 Å². The molecule has 4 nitrogen and oxygen atoms in total. The normalized spacial score (nSPS) is 12.4. The third-order valence-corrected chi connectivity index (χ3v) is 5.03. The van der Waals surface area contributed by atoms with Crippen LogP contribution in [0.3, 0.4) is 0 Å². The van der Waals surface area contributed by atoms with Crippen LogP contribution in [-0.4, -0.2) is 25.8 Å². The minimum absolute atomic E-state index is 0.104. The number of hydrogen-bond donors (Lipinski definition) is 1. The Morgan fingerprint density at radius 1 is 1.41 bits per heavy atom. The van der Waals surface area contributed by atoms with Crippen molar-refractivity contribution < 1.29 is 8.42 Å². The molecule has 0 aliphatic rings. The second-order valence-electron chi connectivity index (χ2n) is 4.07. The van der Waals surface area contributed by atoms with Crippen LogP contribution in [0.5, 0.6) is 0 Å². The molecule has 0 atom stereocenters. The van der Waals surface area contributed by atoms with Crippen LogP contribution in [0.25, 0.3) is 0 Å². The molecule has 0 radical (unpaired) electrons. The summed E-state index contributed by atoms with van der Waals surface area (Å²) in [5, 5.41) is 0.380. The number of nitrogens with zero attached hydrogens (tertiary/aromatic N) is 1. The predicted molar refractivity (Wildman–Crippen MR) is 69.4 cm³/mol. The van der Waals surface area contributed by atoms with E-state index in [0.717, 1.165) is 5.56 Å². The predicted octanol–water partition coefficient (Wildman–Crippen LogP) is 1.83. The molecule has 17 heavy (non-hydrogen) atoms. The molecular formula is C11H17ClN2O2S. The van der Waals surface area contributed by atoms with Crippen molar-refractivity contribution in [2.75, 3.05) is 7.05 Å². The summed E-state index contributed by atoms with van der Waals surface area (Å²) in [6, 6.07) is 4.51. The summed E-state index contributed by atoms with van der Waals surface area (Å²) in [5.41, 5.74) is 6.21. The summed E-state index contributed by atoms with van der Waals surface area (Å²) in [5.74, 6) is 0.